The van der Waals surface area contributed by atoms with E-state index in [1.807, 2.05) is 9.80 Å². The minimum Gasteiger partial charge on any atom is -0.379 e. The summed E-state index contributed by atoms with van der Waals surface area (Å²) in [6, 6.07) is 0.167. The van der Waals surface area contributed by atoms with E-state index in [9.17, 15) is 9.59 Å². The molecule has 0 aromatic carbocycles. The van der Waals surface area contributed by atoms with Gasteiger partial charge >= 0.3 is 0 Å². The Bertz CT molecular complexity index is 439. The van der Waals surface area contributed by atoms with Crippen molar-refractivity contribution in [1.29, 1.82) is 0 Å². The molecule has 3 fully saturated rings. The Morgan fingerprint density at radius 3 is 2.74 bits per heavy atom. The number of morpholine rings is 1. The highest BCUT2D eigenvalue weighted by atomic mass is 16.5. The Kier molecular flexibility index (Phi) is 5.50. The first-order valence-electron chi connectivity index (χ1n) is 8.77. The summed E-state index contributed by atoms with van der Waals surface area (Å²) >= 11 is 0. The summed E-state index contributed by atoms with van der Waals surface area (Å²) in [5.74, 6) is 0.0552. The summed E-state index contributed by atoms with van der Waals surface area (Å²) < 4.78 is 5.34. The highest BCUT2D eigenvalue weighted by molar-refractivity contribution is 5.89. The van der Waals surface area contributed by atoms with Crippen molar-refractivity contribution in [3.8, 4) is 0 Å². The third-order valence-corrected chi connectivity index (χ3v) is 5.29. The first-order chi connectivity index (χ1) is 11.2. The van der Waals surface area contributed by atoms with Crippen LogP contribution in [0.3, 0.4) is 0 Å². The van der Waals surface area contributed by atoms with Crippen LogP contribution in [0, 0.1) is 5.92 Å². The van der Waals surface area contributed by atoms with Crippen LogP contribution in [0.1, 0.15) is 19.3 Å². The summed E-state index contributed by atoms with van der Waals surface area (Å²) in [4.78, 5) is 31.0. The molecule has 3 heterocycles. The molecular weight excluding hydrogens is 296 g/mol. The van der Waals surface area contributed by atoms with Crippen LogP contribution in [-0.2, 0) is 14.3 Å². The van der Waals surface area contributed by atoms with E-state index in [-0.39, 0.29) is 23.8 Å². The zero-order valence-corrected chi connectivity index (χ0v) is 13.8. The molecule has 0 aromatic rings. The molecule has 3 aliphatic rings. The molecule has 2 amide bonds. The molecule has 2 unspecified atom stereocenters. The van der Waals surface area contributed by atoms with Crippen molar-refractivity contribution in [1.82, 2.24) is 14.7 Å². The number of hydrogen-bond donors (Lipinski definition) is 1. The summed E-state index contributed by atoms with van der Waals surface area (Å²) in [7, 11) is 0. The smallest absolute Gasteiger partial charge is 0.228 e. The number of hydrogen-bond acceptors (Lipinski definition) is 5. The number of ether oxygens (including phenoxy) is 1. The molecular formula is C16H28N4O3. The second-order valence-electron chi connectivity index (χ2n) is 6.76. The second-order valence-corrected chi connectivity index (χ2v) is 6.76. The summed E-state index contributed by atoms with van der Waals surface area (Å²) in [5.41, 5.74) is 5.76. The van der Waals surface area contributed by atoms with Crippen molar-refractivity contribution in [2.45, 2.75) is 25.3 Å². The van der Waals surface area contributed by atoms with Gasteiger partial charge in [0.2, 0.25) is 11.8 Å². The minimum absolute atomic E-state index is 0.111. The molecule has 130 valence electrons. The van der Waals surface area contributed by atoms with E-state index < -0.39 is 0 Å². The van der Waals surface area contributed by atoms with E-state index in [0.29, 0.717) is 26.1 Å². The normalized spacial score (nSPS) is 29.5. The van der Waals surface area contributed by atoms with Crippen molar-refractivity contribution in [2.75, 3.05) is 59.0 Å². The SMILES string of the molecule is NCC1CCCN1C(=O)C1CC(=O)N(CCN2CCOCC2)C1. The lowest BCUT2D eigenvalue weighted by Crippen LogP contribution is -2.44. The number of carbonyl (C=O) groups excluding carboxylic acids is 2. The highest BCUT2D eigenvalue weighted by Crippen LogP contribution is 2.25. The van der Waals surface area contributed by atoms with Gasteiger partial charge in [-0.3, -0.25) is 14.5 Å². The van der Waals surface area contributed by atoms with Crippen molar-refractivity contribution in [3.63, 3.8) is 0 Å². The van der Waals surface area contributed by atoms with Crippen molar-refractivity contribution in [2.24, 2.45) is 11.7 Å². The Morgan fingerprint density at radius 2 is 2.00 bits per heavy atom. The maximum absolute atomic E-state index is 12.7. The predicted octanol–water partition coefficient (Wildman–Crippen LogP) is -0.883. The Morgan fingerprint density at radius 1 is 1.22 bits per heavy atom. The summed E-state index contributed by atoms with van der Waals surface area (Å²) in [6.07, 6.45) is 2.37. The van der Waals surface area contributed by atoms with Gasteiger partial charge < -0.3 is 20.3 Å². The second kappa shape index (κ2) is 7.59. The Labute approximate surface area is 137 Å². The first-order valence-corrected chi connectivity index (χ1v) is 8.77. The molecule has 0 bridgehead atoms. The van der Waals surface area contributed by atoms with Crippen LogP contribution in [0.4, 0.5) is 0 Å². The lowest BCUT2D eigenvalue weighted by atomic mass is 10.1. The van der Waals surface area contributed by atoms with Gasteiger partial charge in [0.15, 0.2) is 0 Å². The highest BCUT2D eigenvalue weighted by Gasteiger charge is 2.39. The molecule has 2 atom stereocenters. The van der Waals surface area contributed by atoms with Gasteiger partial charge in [-0.2, -0.15) is 0 Å². The zero-order valence-electron chi connectivity index (χ0n) is 13.8. The fourth-order valence-corrected chi connectivity index (χ4v) is 3.85. The van der Waals surface area contributed by atoms with E-state index in [1.54, 1.807) is 0 Å². The van der Waals surface area contributed by atoms with E-state index >= 15 is 0 Å². The first kappa shape index (κ1) is 16.7. The van der Waals surface area contributed by atoms with Crippen molar-refractivity contribution >= 4 is 11.8 Å². The average Bonchev–Trinajstić information content (AvgIpc) is 3.19. The van der Waals surface area contributed by atoms with Crippen molar-refractivity contribution in [3.05, 3.63) is 0 Å². The minimum atomic E-state index is -0.181. The van der Waals surface area contributed by atoms with Gasteiger partial charge in [-0.25, -0.2) is 0 Å². The number of likely N-dealkylation sites (tertiary alicyclic amines) is 2. The summed E-state index contributed by atoms with van der Waals surface area (Å²) in [5, 5.41) is 0. The van der Waals surface area contributed by atoms with Crippen LogP contribution in [0.2, 0.25) is 0 Å². The summed E-state index contributed by atoms with van der Waals surface area (Å²) in [6.45, 7) is 6.85. The van der Waals surface area contributed by atoms with E-state index in [4.69, 9.17) is 10.5 Å². The molecule has 0 aromatic heterocycles. The number of carbonyl (C=O) groups is 2. The van der Waals surface area contributed by atoms with Gasteiger partial charge in [-0.15, -0.1) is 0 Å². The fourth-order valence-electron chi connectivity index (χ4n) is 3.85. The molecule has 0 saturated carbocycles. The third-order valence-electron chi connectivity index (χ3n) is 5.29. The van der Waals surface area contributed by atoms with Crippen LogP contribution in [0.15, 0.2) is 0 Å². The van der Waals surface area contributed by atoms with E-state index in [2.05, 4.69) is 4.90 Å². The Balaban J connectivity index is 1.49. The molecule has 0 radical (unpaired) electrons. The standard InChI is InChI=1S/C16H28N4O3/c17-11-14-2-1-3-20(14)16(22)13-10-15(21)19(12-13)5-4-18-6-8-23-9-7-18/h13-14H,1-12,17H2. The molecule has 23 heavy (non-hydrogen) atoms. The molecule has 7 nitrogen and oxygen atoms in total. The lowest BCUT2D eigenvalue weighted by Gasteiger charge is -2.29. The van der Waals surface area contributed by atoms with Crippen molar-refractivity contribution < 1.29 is 14.3 Å². The van der Waals surface area contributed by atoms with E-state index in [0.717, 1.165) is 52.2 Å². The van der Waals surface area contributed by atoms with Crippen LogP contribution >= 0.6 is 0 Å². The number of rotatable bonds is 5. The van der Waals surface area contributed by atoms with Gasteiger partial charge in [0.25, 0.3) is 0 Å². The van der Waals surface area contributed by atoms with Crippen LogP contribution in [-0.4, -0.2) is 91.6 Å². The van der Waals surface area contributed by atoms with Crippen LogP contribution in [0.25, 0.3) is 0 Å². The molecule has 3 rings (SSSR count). The lowest BCUT2D eigenvalue weighted by molar-refractivity contribution is -0.136. The fraction of sp³-hybridized carbons (Fsp3) is 0.875. The topological polar surface area (TPSA) is 79.1 Å². The average molecular weight is 324 g/mol. The Hall–Kier alpha value is -1.18. The van der Waals surface area contributed by atoms with Crippen LogP contribution < -0.4 is 5.73 Å². The quantitative estimate of drug-likeness (QED) is 0.710. The maximum Gasteiger partial charge on any atom is 0.228 e. The van der Waals surface area contributed by atoms with Gasteiger partial charge in [0.1, 0.15) is 0 Å². The van der Waals surface area contributed by atoms with E-state index in [1.165, 1.54) is 0 Å². The molecule has 7 heteroatoms. The molecule has 3 aliphatic heterocycles. The van der Waals surface area contributed by atoms with Gasteiger partial charge in [-0.1, -0.05) is 0 Å². The number of nitrogens with two attached hydrogens (primary N) is 1. The van der Waals surface area contributed by atoms with Crippen LogP contribution in [0.5, 0.6) is 0 Å². The van der Waals surface area contributed by atoms with Gasteiger partial charge in [0.05, 0.1) is 19.1 Å². The largest absolute Gasteiger partial charge is 0.379 e. The molecule has 3 saturated heterocycles. The van der Waals surface area contributed by atoms with Gasteiger partial charge in [-0.05, 0) is 12.8 Å². The maximum atomic E-state index is 12.7. The monoisotopic (exact) mass is 324 g/mol. The van der Waals surface area contributed by atoms with Gasteiger partial charge in [0, 0.05) is 58.3 Å². The zero-order chi connectivity index (χ0) is 16.2. The predicted molar refractivity (Wildman–Crippen MR) is 85.7 cm³/mol. The number of amides is 2. The number of nitrogens with zero attached hydrogens (tertiary/aromatic N) is 3. The molecule has 2 N–H and O–H groups in total. The third kappa shape index (κ3) is 3.84. The molecule has 0 spiro atoms. The molecule has 0 aliphatic carbocycles.